The van der Waals surface area contributed by atoms with Gasteiger partial charge < -0.3 is 5.32 Å². The third kappa shape index (κ3) is 3.17. The summed E-state index contributed by atoms with van der Waals surface area (Å²) in [5, 5.41) is 13.4. The van der Waals surface area contributed by atoms with E-state index in [0.29, 0.717) is 27.0 Å². The van der Waals surface area contributed by atoms with Crippen LogP contribution in [0.3, 0.4) is 0 Å². The average molecular weight is 292 g/mol. The van der Waals surface area contributed by atoms with Crippen molar-refractivity contribution in [2.45, 2.75) is 13.8 Å². The van der Waals surface area contributed by atoms with Gasteiger partial charge in [-0.3, -0.25) is 4.98 Å². The van der Waals surface area contributed by atoms with Crippen LogP contribution in [0.15, 0.2) is 24.3 Å². The van der Waals surface area contributed by atoms with Crippen molar-refractivity contribution in [1.29, 1.82) is 5.26 Å². The molecule has 1 heterocycles. The number of nitrogens with zero attached hydrogens (tertiary/aromatic N) is 2. The number of aromatic nitrogens is 1. The lowest BCUT2D eigenvalue weighted by Gasteiger charge is -2.11. The number of aryl methyl sites for hydroxylation is 2. The van der Waals surface area contributed by atoms with Crippen molar-refractivity contribution in [3.63, 3.8) is 0 Å². The molecule has 5 heteroatoms. The van der Waals surface area contributed by atoms with Gasteiger partial charge in [-0.2, -0.15) is 5.26 Å². The lowest BCUT2D eigenvalue weighted by Crippen LogP contribution is -1.99. The van der Waals surface area contributed by atoms with Crippen molar-refractivity contribution in [3.05, 3.63) is 51.3 Å². The zero-order valence-corrected chi connectivity index (χ0v) is 12.0. The smallest absolute Gasteiger partial charge is 0.103 e. The fraction of sp³-hybridized carbons (Fsp3) is 0.143. The van der Waals surface area contributed by atoms with Crippen molar-refractivity contribution in [2.75, 3.05) is 5.32 Å². The molecule has 3 nitrogen and oxygen atoms in total. The Labute approximate surface area is 121 Å². The first-order valence-corrected chi connectivity index (χ1v) is 6.36. The highest BCUT2D eigenvalue weighted by atomic mass is 35.5. The van der Waals surface area contributed by atoms with Gasteiger partial charge in [-0.1, -0.05) is 23.2 Å². The van der Waals surface area contributed by atoms with Crippen molar-refractivity contribution in [2.24, 2.45) is 0 Å². The van der Waals surface area contributed by atoms with E-state index in [2.05, 4.69) is 16.4 Å². The Balaban J connectivity index is 2.46. The number of nitrogens with one attached hydrogen (secondary N) is 1. The van der Waals surface area contributed by atoms with Gasteiger partial charge in [0.1, 0.15) is 6.07 Å². The van der Waals surface area contributed by atoms with Gasteiger partial charge in [0.05, 0.1) is 16.9 Å². The molecule has 0 saturated carbocycles. The Hall–Kier alpha value is -1.76. The number of pyridine rings is 1. The summed E-state index contributed by atoms with van der Waals surface area (Å²) in [7, 11) is 0. The summed E-state index contributed by atoms with van der Waals surface area (Å²) < 4.78 is 0. The third-order valence-corrected chi connectivity index (χ3v) is 3.02. The molecule has 0 aliphatic rings. The lowest BCUT2D eigenvalue weighted by molar-refractivity contribution is 1.11. The monoisotopic (exact) mass is 291 g/mol. The highest BCUT2D eigenvalue weighted by Gasteiger charge is 2.09. The summed E-state index contributed by atoms with van der Waals surface area (Å²) in [6, 6.07) is 9.12. The van der Waals surface area contributed by atoms with Crippen molar-refractivity contribution in [1.82, 2.24) is 4.98 Å². The minimum Gasteiger partial charge on any atom is -0.354 e. The van der Waals surface area contributed by atoms with E-state index in [4.69, 9.17) is 23.2 Å². The van der Waals surface area contributed by atoms with E-state index in [0.717, 1.165) is 11.4 Å². The molecule has 0 aliphatic heterocycles. The quantitative estimate of drug-likeness (QED) is 0.878. The van der Waals surface area contributed by atoms with Crippen LogP contribution in [-0.2, 0) is 0 Å². The molecule has 1 aromatic heterocycles. The summed E-state index contributed by atoms with van der Waals surface area (Å²) >= 11 is 11.9. The van der Waals surface area contributed by atoms with Gasteiger partial charge in [0.15, 0.2) is 0 Å². The fourth-order valence-corrected chi connectivity index (χ4v) is 2.38. The molecule has 0 radical (unpaired) electrons. The SMILES string of the molecule is Cc1cc(Nc2cc(Cl)cc(Cl)c2)c(C#N)c(C)n1. The molecule has 0 aliphatic carbocycles. The summed E-state index contributed by atoms with van der Waals surface area (Å²) in [5.74, 6) is 0. The number of hydrogen-bond donors (Lipinski definition) is 1. The molecule has 0 spiro atoms. The van der Waals surface area contributed by atoms with Gasteiger partial charge in [-0.15, -0.1) is 0 Å². The summed E-state index contributed by atoms with van der Waals surface area (Å²) in [6.07, 6.45) is 0. The van der Waals surface area contributed by atoms with Crippen molar-refractivity contribution < 1.29 is 0 Å². The van der Waals surface area contributed by atoms with Crippen LogP contribution in [0.1, 0.15) is 17.0 Å². The summed E-state index contributed by atoms with van der Waals surface area (Å²) in [5.41, 5.74) is 3.48. The molecule has 1 aromatic carbocycles. The molecule has 0 fully saturated rings. The molecule has 96 valence electrons. The van der Waals surface area contributed by atoms with Gasteiger partial charge in [0.25, 0.3) is 0 Å². The van der Waals surface area contributed by atoms with Crippen LogP contribution in [0.4, 0.5) is 11.4 Å². The molecular weight excluding hydrogens is 281 g/mol. The van der Waals surface area contributed by atoms with Gasteiger partial charge in [0, 0.05) is 21.4 Å². The van der Waals surface area contributed by atoms with Gasteiger partial charge in [0.2, 0.25) is 0 Å². The molecule has 2 rings (SSSR count). The number of hydrogen-bond acceptors (Lipinski definition) is 3. The molecule has 19 heavy (non-hydrogen) atoms. The largest absolute Gasteiger partial charge is 0.354 e. The second kappa shape index (κ2) is 5.48. The Morgan fingerprint density at radius 1 is 1.11 bits per heavy atom. The van der Waals surface area contributed by atoms with E-state index in [-0.39, 0.29) is 0 Å². The minimum atomic E-state index is 0.515. The van der Waals surface area contributed by atoms with E-state index in [1.807, 2.05) is 19.9 Å². The Kier molecular flexibility index (Phi) is 3.94. The molecule has 0 unspecified atom stereocenters. The second-order valence-electron chi connectivity index (χ2n) is 4.17. The molecular formula is C14H11Cl2N3. The molecule has 1 N–H and O–H groups in total. The molecule has 0 saturated heterocycles. The number of benzene rings is 1. The van der Waals surface area contributed by atoms with Crippen LogP contribution in [0, 0.1) is 25.2 Å². The number of nitriles is 1. The maximum Gasteiger partial charge on any atom is 0.103 e. The number of rotatable bonds is 2. The average Bonchev–Trinajstić information content (AvgIpc) is 2.26. The summed E-state index contributed by atoms with van der Waals surface area (Å²) in [6.45, 7) is 3.69. The standard InChI is InChI=1S/C14H11Cl2N3/c1-8-3-14(13(7-17)9(2)18-8)19-12-5-10(15)4-11(16)6-12/h3-6H,1-2H3,(H,18,19). The number of halogens is 2. The maximum absolute atomic E-state index is 9.20. The first kappa shape index (κ1) is 13.7. The number of anilines is 2. The fourth-order valence-electron chi connectivity index (χ4n) is 1.85. The van der Waals surface area contributed by atoms with Crippen LogP contribution in [-0.4, -0.2) is 4.98 Å². The summed E-state index contributed by atoms with van der Waals surface area (Å²) in [4.78, 5) is 4.27. The van der Waals surface area contributed by atoms with Crippen molar-refractivity contribution in [3.8, 4) is 6.07 Å². The first-order chi connectivity index (χ1) is 8.99. The van der Waals surface area contributed by atoms with E-state index in [9.17, 15) is 5.26 Å². The highest BCUT2D eigenvalue weighted by Crippen LogP contribution is 2.27. The van der Waals surface area contributed by atoms with Crippen LogP contribution >= 0.6 is 23.2 Å². The first-order valence-electron chi connectivity index (χ1n) is 5.61. The third-order valence-electron chi connectivity index (χ3n) is 2.58. The van der Waals surface area contributed by atoms with E-state index in [1.165, 1.54) is 0 Å². The van der Waals surface area contributed by atoms with Gasteiger partial charge in [-0.25, -0.2) is 0 Å². The minimum absolute atomic E-state index is 0.515. The normalized spacial score (nSPS) is 10.1. The predicted molar refractivity (Wildman–Crippen MR) is 78.2 cm³/mol. The molecule has 0 amide bonds. The van der Waals surface area contributed by atoms with E-state index < -0.39 is 0 Å². The van der Waals surface area contributed by atoms with Crippen LogP contribution in [0.2, 0.25) is 10.0 Å². The molecule has 2 aromatic rings. The lowest BCUT2D eigenvalue weighted by atomic mass is 10.1. The Morgan fingerprint density at radius 2 is 1.74 bits per heavy atom. The second-order valence-corrected chi connectivity index (χ2v) is 5.04. The topological polar surface area (TPSA) is 48.7 Å². The Morgan fingerprint density at radius 3 is 2.32 bits per heavy atom. The van der Waals surface area contributed by atoms with Crippen LogP contribution < -0.4 is 5.32 Å². The zero-order chi connectivity index (χ0) is 14.0. The van der Waals surface area contributed by atoms with E-state index in [1.54, 1.807) is 18.2 Å². The molecule has 0 bridgehead atoms. The maximum atomic E-state index is 9.20. The van der Waals surface area contributed by atoms with Crippen LogP contribution in [0.25, 0.3) is 0 Å². The zero-order valence-electron chi connectivity index (χ0n) is 10.5. The van der Waals surface area contributed by atoms with Gasteiger partial charge >= 0.3 is 0 Å². The van der Waals surface area contributed by atoms with Crippen LogP contribution in [0.5, 0.6) is 0 Å². The predicted octanol–water partition coefficient (Wildman–Crippen LogP) is 4.62. The highest BCUT2D eigenvalue weighted by molar-refractivity contribution is 6.35. The molecule has 0 atom stereocenters. The van der Waals surface area contributed by atoms with Gasteiger partial charge in [-0.05, 0) is 38.1 Å². The van der Waals surface area contributed by atoms with E-state index >= 15 is 0 Å². The Bertz CT molecular complexity index is 655. The van der Waals surface area contributed by atoms with Crippen molar-refractivity contribution >= 4 is 34.6 Å².